The predicted octanol–water partition coefficient (Wildman–Crippen LogP) is 2.48. The highest BCUT2D eigenvalue weighted by atomic mass is 35.5. The Morgan fingerprint density at radius 3 is 2.68 bits per heavy atom. The first-order valence-corrected chi connectivity index (χ1v) is 6.66. The molecule has 0 bridgehead atoms. The second-order valence-electron chi connectivity index (χ2n) is 4.04. The average Bonchev–Trinajstić information content (AvgIpc) is 2.47. The highest BCUT2D eigenvalue weighted by molar-refractivity contribution is 6.32. The van der Waals surface area contributed by atoms with Crippen molar-refractivity contribution < 1.29 is 23.5 Å². The summed E-state index contributed by atoms with van der Waals surface area (Å²) in [4.78, 5) is 22.9. The number of ether oxygens (including phenoxy) is 2. The molecule has 22 heavy (non-hydrogen) atoms. The number of esters is 1. The van der Waals surface area contributed by atoms with Crippen molar-refractivity contribution in [3.63, 3.8) is 0 Å². The first-order chi connectivity index (χ1) is 10.4. The van der Waals surface area contributed by atoms with Crippen LogP contribution in [0.15, 0.2) is 30.0 Å². The van der Waals surface area contributed by atoms with Crippen molar-refractivity contribution in [3.05, 3.63) is 46.4 Å². The molecular formula is C15H15ClFNO4. The molecule has 1 rings (SSSR count). The molecular weight excluding hydrogens is 313 g/mol. The summed E-state index contributed by atoms with van der Waals surface area (Å²) in [7, 11) is 1.28. The van der Waals surface area contributed by atoms with E-state index in [4.69, 9.17) is 22.1 Å². The lowest BCUT2D eigenvalue weighted by Gasteiger charge is -2.06. The Labute approximate surface area is 132 Å². The lowest BCUT2D eigenvalue weighted by molar-refractivity contribution is -0.138. The van der Waals surface area contributed by atoms with Gasteiger partial charge in [-0.1, -0.05) is 17.7 Å². The Morgan fingerprint density at radius 1 is 1.41 bits per heavy atom. The molecule has 0 aliphatic heterocycles. The minimum atomic E-state index is -0.788. The number of carbonyl (C=O) groups excluding carboxylic acids is 2. The molecule has 0 radical (unpaired) electrons. The van der Waals surface area contributed by atoms with Gasteiger partial charge in [0.25, 0.3) is 0 Å². The van der Waals surface area contributed by atoms with Crippen molar-refractivity contribution in [1.29, 1.82) is 0 Å². The van der Waals surface area contributed by atoms with Crippen LogP contribution >= 0.6 is 11.6 Å². The minimum absolute atomic E-state index is 0.109. The van der Waals surface area contributed by atoms with Crippen LogP contribution in [0.4, 0.5) is 4.39 Å². The fourth-order valence-electron chi connectivity index (χ4n) is 1.51. The van der Waals surface area contributed by atoms with E-state index in [0.29, 0.717) is 0 Å². The first-order valence-electron chi connectivity index (χ1n) is 6.29. The third kappa shape index (κ3) is 4.60. The van der Waals surface area contributed by atoms with Crippen LogP contribution in [-0.4, -0.2) is 25.5 Å². The second kappa shape index (κ2) is 8.19. The number of hydrogen-bond donors (Lipinski definition) is 1. The monoisotopic (exact) mass is 327 g/mol. The fraction of sp³-hybridized carbons (Fsp3) is 0.200. The first kappa shape index (κ1) is 17.7. The molecule has 5 nitrogen and oxygen atoms in total. The molecule has 7 heteroatoms. The van der Waals surface area contributed by atoms with Gasteiger partial charge in [-0.3, -0.25) is 4.79 Å². The van der Waals surface area contributed by atoms with Gasteiger partial charge in [-0.2, -0.15) is 0 Å². The predicted molar refractivity (Wildman–Crippen MR) is 80.9 cm³/mol. The molecule has 118 valence electrons. The largest absolute Gasteiger partial charge is 0.492 e. The van der Waals surface area contributed by atoms with Crippen LogP contribution in [0.3, 0.4) is 0 Å². The van der Waals surface area contributed by atoms with E-state index < -0.39 is 17.6 Å². The maximum Gasteiger partial charge on any atom is 0.354 e. The van der Waals surface area contributed by atoms with Crippen LogP contribution in [-0.2, 0) is 14.3 Å². The normalized spacial score (nSPS) is 11.5. The molecule has 0 fully saturated rings. The Bertz CT molecular complexity index is 641. The third-order valence-electron chi connectivity index (χ3n) is 2.52. The van der Waals surface area contributed by atoms with Crippen molar-refractivity contribution in [3.8, 4) is 5.75 Å². The number of benzene rings is 1. The van der Waals surface area contributed by atoms with Crippen LogP contribution in [0.5, 0.6) is 5.75 Å². The summed E-state index contributed by atoms with van der Waals surface area (Å²) in [6.07, 6.45) is 3.20. The van der Waals surface area contributed by atoms with Crippen molar-refractivity contribution in [2.45, 2.75) is 6.92 Å². The van der Waals surface area contributed by atoms with Crippen molar-refractivity contribution in [2.24, 2.45) is 5.73 Å². The summed E-state index contributed by atoms with van der Waals surface area (Å²) in [5, 5.41) is 0.120. The van der Waals surface area contributed by atoms with Crippen molar-refractivity contribution >= 4 is 29.4 Å². The molecule has 0 unspecified atom stereocenters. The zero-order valence-corrected chi connectivity index (χ0v) is 12.8. The standard InChI is InChI=1S/C15H15ClFNO4/c1-3-22-15(20)12(18)8-10(19)6-4-9-5-7-11(16)14(21-2)13(9)17/h4-8H,3,18H2,1-2H3. The van der Waals surface area contributed by atoms with E-state index in [1.54, 1.807) is 6.92 Å². The smallest absolute Gasteiger partial charge is 0.354 e. The van der Waals surface area contributed by atoms with Crippen LogP contribution in [0.2, 0.25) is 5.02 Å². The third-order valence-corrected chi connectivity index (χ3v) is 2.82. The molecule has 0 aromatic heterocycles. The number of halogens is 2. The molecule has 0 heterocycles. The SMILES string of the molecule is CCOC(=O)C(N)=CC(=O)C=Cc1ccc(Cl)c(OC)c1F. The summed E-state index contributed by atoms with van der Waals surface area (Å²) in [5.74, 6) is -2.18. The summed E-state index contributed by atoms with van der Waals surface area (Å²) < 4.78 is 23.4. The number of allylic oxidation sites excluding steroid dienone is 2. The molecule has 0 amide bonds. The van der Waals surface area contributed by atoms with Crippen molar-refractivity contribution in [1.82, 2.24) is 0 Å². The molecule has 0 aliphatic carbocycles. The number of ketones is 1. The quantitative estimate of drug-likeness (QED) is 0.641. The van der Waals surface area contributed by atoms with Gasteiger partial charge in [-0.15, -0.1) is 0 Å². The maximum absolute atomic E-state index is 14.0. The van der Waals surface area contributed by atoms with E-state index in [-0.39, 0.29) is 28.6 Å². The summed E-state index contributed by atoms with van der Waals surface area (Å²) >= 11 is 5.76. The second-order valence-corrected chi connectivity index (χ2v) is 4.45. The Kier molecular flexibility index (Phi) is 6.59. The molecule has 2 N–H and O–H groups in total. The van der Waals surface area contributed by atoms with Crippen LogP contribution < -0.4 is 10.5 Å². The van der Waals surface area contributed by atoms with Gasteiger partial charge in [-0.25, -0.2) is 9.18 Å². The lowest BCUT2D eigenvalue weighted by Crippen LogP contribution is -2.15. The van der Waals surface area contributed by atoms with E-state index in [1.165, 1.54) is 25.3 Å². The van der Waals surface area contributed by atoms with E-state index >= 15 is 0 Å². The lowest BCUT2D eigenvalue weighted by atomic mass is 10.1. The Morgan fingerprint density at radius 2 is 2.09 bits per heavy atom. The molecule has 0 saturated heterocycles. The van der Waals surface area contributed by atoms with Crippen molar-refractivity contribution in [2.75, 3.05) is 13.7 Å². The highest BCUT2D eigenvalue weighted by Gasteiger charge is 2.11. The van der Waals surface area contributed by atoms with Gasteiger partial charge in [0.15, 0.2) is 17.3 Å². The maximum atomic E-state index is 14.0. The fourth-order valence-corrected chi connectivity index (χ4v) is 1.73. The van der Waals surface area contributed by atoms with E-state index in [0.717, 1.165) is 12.2 Å². The van der Waals surface area contributed by atoms with Gasteiger partial charge in [0.1, 0.15) is 5.70 Å². The topological polar surface area (TPSA) is 78.6 Å². The van der Waals surface area contributed by atoms with Gasteiger partial charge in [-0.05, 0) is 25.1 Å². The minimum Gasteiger partial charge on any atom is -0.492 e. The summed E-state index contributed by atoms with van der Waals surface area (Å²) in [5.41, 5.74) is 5.17. The molecule has 0 aliphatic rings. The molecule has 0 spiro atoms. The Balaban J connectivity index is 2.91. The van der Waals surface area contributed by atoms with Gasteiger partial charge in [0, 0.05) is 11.6 Å². The van der Waals surface area contributed by atoms with Gasteiger partial charge in [0.05, 0.1) is 18.7 Å². The zero-order valence-electron chi connectivity index (χ0n) is 12.1. The summed E-state index contributed by atoms with van der Waals surface area (Å²) in [6.45, 7) is 1.76. The van der Waals surface area contributed by atoms with Gasteiger partial charge < -0.3 is 15.2 Å². The summed E-state index contributed by atoms with van der Waals surface area (Å²) in [6, 6.07) is 2.83. The van der Waals surface area contributed by atoms with Gasteiger partial charge in [0.2, 0.25) is 0 Å². The van der Waals surface area contributed by atoms with Gasteiger partial charge >= 0.3 is 5.97 Å². The highest BCUT2D eigenvalue weighted by Crippen LogP contribution is 2.30. The number of hydrogen-bond acceptors (Lipinski definition) is 5. The van der Waals surface area contributed by atoms with Crippen LogP contribution in [0.25, 0.3) is 6.08 Å². The molecule has 0 saturated carbocycles. The molecule has 0 atom stereocenters. The van der Waals surface area contributed by atoms with E-state index in [9.17, 15) is 14.0 Å². The van der Waals surface area contributed by atoms with Crippen LogP contribution in [0, 0.1) is 5.82 Å². The van der Waals surface area contributed by atoms with E-state index in [1.807, 2.05) is 0 Å². The zero-order chi connectivity index (χ0) is 16.7. The average molecular weight is 328 g/mol. The number of carbonyl (C=O) groups is 2. The Hall–Kier alpha value is -2.34. The van der Waals surface area contributed by atoms with E-state index in [2.05, 4.69) is 4.74 Å². The number of rotatable bonds is 6. The number of nitrogens with two attached hydrogens (primary N) is 1. The number of methoxy groups -OCH3 is 1. The molecule has 1 aromatic carbocycles. The van der Waals surface area contributed by atoms with Crippen LogP contribution in [0.1, 0.15) is 12.5 Å². The molecule has 1 aromatic rings.